The van der Waals surface area contributed by atoms with Gasteiger partial charge in [0.1, 0.15) is 5.88 Å². The lowest BCUT2D eigenvalue weighted by molar-refractivity contribution is -0.129. The molecular weight excluding hydrogens is 284 g/mol. The van der Waals surface area contributed by atoms with Crippen molar-refractivity contribution < 1.29 is 4.79 Å². The van der Waals surface area contributed by atoms with Gasteiger partial charge in [-0.15, -0.1) is 11.6 Å². The smallest absolute Gasteiger partial charge is 0.237 e. The molecular formula is C17H25ClN2O. The number of hydrogen-bond donors (Lipinski definition) is 0. The summed E-state index contributed by atoms with van der Waals surface area (Å²) in [6, 6.07) is 10.6. The number of hydrogen-bond acceptors (Lipinski definition) is 2. The van der Waals surface area contributed by atoms with E-state index in [1.807, 2.05) is 11.8 Å². The molecule has 3 nitrogen and oxygen atoms in total. The van der Waals surface area contributed by atoms with Crippen LogP contribution in [0, 0.1) is 5.92 Å². The number of halogens is 1. The van der Waals surface area contributed by atoms with Gasteiger partial charge in [-0.3, -0.25) is 9.69 Å². The average molecular weight is 309 g/mol. The first-order valence-electron chi connectivity index (χ1n) is 7.83. The van der Waals surface area contributed by atoms with E-state index in [-0.39, 0.29) is 11.8 Å². The second-order valence-corrected chi connectivity index (χ2v) is 6.04. The summed E-state index contributed by atoms with van der Waals surface area (Å²) in [5.74, 6) is 0.774. The third-order valence-electron chi connectivity index (χ3n) is 4.28. The Labute approximate surface area is 132 Å². The van der Waals surface area contributed by atoms with E-state index in [0.29, 0.717) is 5.92 Å². The van der Waals surface area contributed by atoms with Crippen molar-refractivity contribution in [2.45, 2.75) is 26.3 Å². The van der Waals surface area contributed by atoms with E-state index >= 15 is 0 Å². The molecule has 0 radical (unpaired) electrons. The molecule has 1 aliphatic rings. The Bertz CT molecular complexity index is 430. The Morgan fingerprint density at radius 2 is 1.95 bits per heavy atom. The highest BCUT2D eigenvalue weighted by atomic mass is 35.5. The number of rotatable bonds is 6. The second kappa shape index (κ2) is 8.40. The molecule has 0 atom stereocenters. The van der Waals surface area contributed by atoms with E-state index < -0.39 is 0 Å². The molecule has 0 unspecified atom stereocenters. The Morgan fingerprint density at radius 1 is 1.29 bits per heavy atom. The quantitative estimate of drug-likeness (QED) is 0.754. The number of piperidine rings is 1. The molecule has 1 aliphatic heterocycles. The van der Waals surface area contributed by atoms with Crippen LogP contribution < -0.4 is 0 Å². The van der Waals surface area contributed by atoms with Crippen LogP contribution in [0.15, 0.2) is 30.3 Å². The zero-order valence-electron chi connectivity index (χ0n) is 12.8. The SMILES string of the molecule is CCN(CC1CCN(Cc2ccccc2)CC1)C(=O)CCl. The number of likely N-dealkylation sites (tertiary alicyclic amines) is 1. The van der Waals surface area contributed by atoms with Crippen molar-refractivity contribution in [1.82, 2.24) is 9.80 Å². The number of nitrogens with zero attached hydrogens (tertiary/aromatic N) is 2. The van der Waals surface area contributed by atoms with Gasteiger partial charge < -0.3 is 4.90 Å². The maximum atomic E-state index is 11.7. The lowest BCUT2D eigenvalue weighted by Gasteiger charge is -2.34. The van der Waals surface area contributed by atoms with Crippen molar-refractivity contribution in [2.24, 2.45) is 5.92 Å². The first-order chi connectivity index (χ1) is 10.2. The second-order valence-electron chi connectivity index (χ2n) is 5.77. The van der Waals surface area contributed by atoms with Crippen molar-refractivity contribution in [3.8, 4) is 0 Å². The normalized spacial score (nSPS) is 16.9. The molecule has 1 aromatic carbocycles. The van der Waals surface area contributed by atoms with E-state index in [9.17, 15) is 4.79 Å². The number of carbonyl (C=O) groups is 1. The van der Waals surface area contributed by atoms with E-state index in [0.717, 1.165) is 32.7 Å². The molecule has 0 bridgehead atoms. The fourth-order valence-corrected chi connectivity index (χ4v) is 3.14. The molecule has 1 aromatic rings. The molecule has 4 heteroatoms. The molecule has 1 saturated heterocycles. The van der Waals surface area contributed by atoms with Gasteiger partial charge in [0.25, 0.3) is 0 Å². The molecule has 0 aromatic heterocycles. The zero-order valence-corrected chi connectivity index (χ0v) is 13.6. The fourth-order valence-electron chi connectivity index (χ4n) is 2.97. The van der Waals surface area contributed by atoms with Crippen molar-refractivity contribution in [1.29, 1.82) is 0 Å². The maximum absolute atomic E-state index is 11.7. The highest BCUT2D eigenvalue weighted by Gasteiger charge is 2.22. The van der Waals surface area contributed by atoms with Crippen LogP contribution in [-0.2, 0) is 11.3 Å². The third kappa shape index (κ3) is 5.01. The topological polar surface area (TPSA) is 23.6 Å². The van der Waals surface area contributed by atoms with Crippen molar-refractivity contribution in [3.63, 3.8) is 0 Å². The molecule has 1 fully saturated rings. The van der Waals surface area contributed by atoms with Crippen molar-refractivity contribution >= 4 is 17.5 Å². The van der Waals surface area contributed by atoms with Gasteiger partial charge in [0.2, 0.25) is 5.91 Å². The van der Waals surface area contributed by atoms with Crippen molar-refractivity contribution in [3.05, 3.63) is 35.9 Å². The molecule has 0 aliphatic carbocycles. The van der Waals surface area contributed by atoms with Crippen LogP contribution in [0.1, 0.15) is 25.3 Å². The van der Waals surface area contributed by atoms with E-state index in [1.165, 1.54) is 18.4 Å². The first kappa shape index (κ1) is 16.3. The Kier molecular flexibility index (Phi) is 6.52. The molecule has 0 spiro atoms. The van der Waals surface area contributed by atoms with Crippen LogP contribution in [0.2, 0.25) is 0 Å². The minimum Gasteiger partial charge on any atom is -0.342 e. The number of amides is 1. The molecule has 1 heterocycles. The summed E-state index contributed by atoms with van der Waals surface area (Å²) in [7, 11) is 0. The van der Waals surface area contributed by atoms with Gasteiger partial charge >= 0.3 is 0 Å². The maximum Gasteiger partial charge on any atom is 0.237 e. The number of benzene rings is 1. The van der Waals surface area contributed by atoms with Crippen LogP contribution in [0.3, 0.4) is 0 Å². The number of alkyl halides is 1. The summed E-state index contributed by atoms with van der Waals surface area (Å²) in [6.07, 6.45) is 2.33. The lowest BCUT2D eigenvalue weighted by atomic mass is 9.95. The minimum absolute atomic E-state index is 0.0610. The van der Waals surface area contributed by atoms with E-state index in [4.69, 9.17) is 11.6 Å². The Hall–Kier alpha value is -1.06. The zero-order chi connectivity index (χ0) is 15.1. The van der Waals surface area contributed by atoms with Crippen LogP contribution >= 0.6 is 11.6 Å². The van der Waals surface area contributed by atoms with Crippen LogP contribution in [0.25, 0.3) is 0 Å². The molecule has 0 saturated carbocycles. The molecule has 2 rings (SSSR count). The first-order valence-corrected chi connectivity index (χ1v) is 8.36. The summed E-state index contributed by atoms with van der Waals surface area (Å²) in [4.78, 5) is 16.1. The molecule has 0 N–H and O–H groups in total. The summed E-state index contributed by atoms with van der Waals surface area (Å²) >= 11 is 5.66. The number of carbonyl (C=O) groups excluding carboxylic acids is 1. The predicted molar refractivity (Wildman–Crippen MR) is 87.4 cm³/mol. The van der Waals surface area contributed by atoms with Gasteiger partial charge in [-0.2, -0.15) is 0 Å². The summed E-state index contributed by atoms with van der Waals surface area (Å²) in [6.45, 7) is 6.91. The van der Waals surface area contributed by atoms with Crippen molar-refractivity contribution in [2.75, 3.05) is 32.1 Å². The highest BCUT2D eigenvalue weighted by Crippen LogP contribution is 2.20. The van der Waals surface area contributed by atoms with E-state index in [1.54, 1.807) is 0 Å². The predicted octanol–water partition coefficient (Wildman–Crippen LogP) is 2.99. The minimum atomic E-state index is 0.0610. The summed E-state index contributed by atoms with van der Waals surface area (Å²) < 4.78 is 0. The van der Waals surface area contributed by atoms with E-state index in [2.05, 4.69) is 35.2 Å². The van der Waals surface area contributed by atoms with Crippen LogP contribution in [0.4, 0.5) is 0 Å². The average Bonchev–Trinajstić information content (AvgIpc) is 2.54. The van der Waals surface area contributed by atoms with Gasteiger partial charge in [0, 0.05) is 19.6 Å². The Balaban J connectivity index is 1.76. The molecule has 1 amide bonds. The van der Waals surface area contributed by atoms with Gasteiger partial charge in [-0.05, 0) is 44.3 Å². The Morgan fingerprint density at radius 3 is 2.52 bits per heavy atom. The summed E-state index contributed by atoms with van der Waals surface area (Å²) in [5.41, 5.74) is 1.38. The standard InChI is InChI=1S/C17H25ClN2O/c1-2-20(17(21)12-18)14-16-8-10-19(11-9-16)13-15-6-4-3-5-7-15/h3-7,16H,2,8-14H2,1H3. The van der Waals surface area contributed by atoms with Gasteiger partial charge in [0.15, 0.2) is 0 Å². The van der Waals surface area contributed by atoms with Crippen LogP contribution in [-0.4, -0.2) is 47.8 Å². The fraction of sp³-hybridized carbons (Fsp3) is 0.588. The van der Waals surface area contributed by atoms with Gasteiger partial charge in [-0.25, -0.2) is 0 Å². The monoisotopic (exact) mass is 308 g/mol. The van der Waals surface area contributed by atoms with Gasteiger partial charge in [-0.1, -0.05) is 30.3 Å². The summed E-state index contributed by atoms with van der Waals surface area (Å²) in [5, 5.41) is 0. The molecule has 21 heavy (non-hydrogen) atoms. The molecule has 116 valence electrons. The highest BCUT2D eigenvalue weighted by molar-refractivity contribution is 6.27. The lowest BCUT2D eigenvalue weighted by Crippen LogP contribution is -2.41. The van der Waals surface area contributed by atoms with Crippen LogP contribution in [0.5, 0.6) is 0 Å². The largest absolute Gasteiger partial charge is 0.342 e. The van der Waals surface area contributed by atoms with Gasteiger partial charge in [0.05, 0.1) is 0 Å². The third-order valence-corrected chi connectivity index (χ3v) is 4.51.